The van der Waals surface area contributed by atoms with Gasteiger partial charge in [0.15, 0.2) is 0 Å². The predicted octanol–water partition coefficient (Wildman–Crippen LogP) is 10.9. The van der Waals surface area contributed by atoms with Crippen molar-refractivity contribution in [3.05, 3.63) is 125 Å². The zero-order valence-electron chi connectivity index (χ0n) is 25.1. The molecule has 0 saturated carbocycles. The first-order valence-corrected chi connectivity index (χ1v) is 14.5. The molecule has 4 nitrogen and oxygen atoms in total. The summed E-state index contributed by atoms with van der Waals surface area (Å²) in [5.41, 5.74) is 3.21. The molecule has 0 spiro atoms. The van der Waals surface area contributed by atoms with E-state index >= 15 is 0 Å². The Morgan fingerprint density at radius 1 is 0.590 bits per heavy atom. The van der Waals surface area contributed by atoms with E-state index in [-0.39, 0.29) is 0 Å². The SMILES string of the molecule is CC.CC.CC.Cc1noc(C)c1C.c1ccc2cnccc2c1.c1ccc2ncccc2c1.c1ccsc1. The normalized spacial score (nSPS) is 8.64. The molecule has 0 radical (unpaired) electrons. The molecule has 0 N–H and O–H groups in total. The Balaban J connectivity index is 0.000000473. The van der Waals surface area contributed by atoms with E-state index in [1.165, 1.54) is 16.2 Å². The molecule has 4 aromatic heterocycles. The van der Waals surface area contributed by atoms with Crippen LogP contribution in [0.15, 0.2) is 113 Å². The molecule has 0 saturated heterocycles. The van der Waals surface area contributed by atoms with Crippen LogP contribution >= 0.6 is 11.3 Å². The van der Waals surface area contributed by atoms with Gasteiger partial charge in [-0.3, -0.25) is 9.97 Å². The number of fused-ring (bicyclic) bond motifs is 2. The average Bonchev–Trinajstić information content (AvgIpc) is 3.72. The number of thiophene rings is 1. The second-order valence-electron chi connectivity index (χ2n) is 7.16. The van der Waals surface area contributed by atoms with Crippen LogP contribution in [0.2, 0.25) is 0 Å². The van der Waals surface area contributed by atoms with Crippen LogP contribution in [0.3, 0.4) is 0 Å². The summed E-state index contributed by atoms with van der Waals surface area (Å²) in [4.78, 5) is 8.19. The Kier molecular flexibility index (Phi) is 21.0. The molecular weight excluding hydrogens is 498 g/mol. The maximum atomic E-state index is 4.84. The van der Waals surface area contributed by atoms with Gasteiger partial charge in [-0.05, 0) is 60.5 Å². The Morgan fingerprint density at radius 3 is 1.62 bits per heavy atom. The monoisotopic (exact) mass is 543 g/mol. The summed E-state index contributed by atoms with van der Waals surface area (Å²) in [6.07, 6.45) is 5.49. The van der Waals surface area contributed by atoms with Crippen molar-refractivity contribution >= 4 is 33.0 Å². The van der Waals surface area contributed by atoms with Crippen LogP contribution in [-0.4, -0.2) is 15.1 Å². The zero-order valence-corrected chi connectivity index (χ0v) is 25.9. The Hall–Kier alpha value is -3.83. The number of pyridine rings is 2. The van der Waals surface area contributed by atoms with Gasteiger partial charge >= 0.3 is 0 Å². The van der Waals surface area contributed by atoms with Crippen LogP contribution in [0, 0.1) is 20.8 Å². The maximum absolute atomic E-state index is 4.84. The molecule has 0 aliphatic heterocycles. The number of aromatic nitrogens is 3. The minimum absolute atomic E-state index is 0.919. The third-order valence-electron chi connectivity index (χ3n) is 4.88. The average molecular weight is 544 g/mol. The van der Waals surface area contributed by atoms with Gasteiger partial charge in [-0.25, -0.2) is 0 Å². The molecule has 0 bridgehead atoms. The van der Waals surface area contributed by atoms with Crippen molar-refractivity contribution in [3.63, 3.8) is 0 Å². The van der Waals surface area contributed by atoms with Crippen LogP contribution in [0.25, 0.3) is 21.7 Å². The van der Waals surface area contributed by atoms with Crippen LogP contribution in [0.1, 0.15) is 58.6 Å². The molecule has 6 aromatic rings. The summed E-state index contributed by atoms with van der Waals surface area (Å²) < 4.78 is 4.84. The lowest BCUT2D eigenvalue weighted by Gasteiger charge is -1.91. The van der Waals surface area contributed by atoms with Gasteiger partial charge in [-0.15, -0.1) is 0 Å². The van der Waals surface area contributed by atoms with E-state index in [2.05, 4.69) is 39.4 Å². The highest BCUT2D eigenvalue weighted by molar-refractivity contribution is 7.07. The van der Waals surface area contributed by atoms with Gasteiger partial charge in [0.05, 0.1) is 11.2 Å². The van der Waals surface area contributed by atoms with E-state index in [0.29, 0.717) is 0 Å². The van der Waals surface area contributed by atoms with E-state index in [4.69, 9.17) is 4.52 Å². The van der Waals surface area contributed by atoms with Gasteiger partial charge < -0.3 is 4.52 Å². The van der Waals surface area contributed by atoms with Crippen molar-refractivity contribution < 1.29 is 4.52 Å². The smallest absolute Gasteiger partial charge is 0.136 e. The number of benzene rings is 2. The van der Waals surface area contributed by atoms with Gasteiger partial charge in [0, 0.05) is 29.5 Å². The molecule has 0 amide bonds. The van der Waals surface area contributed by atoms with Crippen LogP contribution in [-0.2, 0) is 0 Å². The molecule has 0 unspecified atom stereocenters. The van der Waals surface area contributed by atoms with Gasteiger partial charge in [0.1, 0.15) is 5.76 Å². The molecule has 0 aliphatic carbocycles. The number of aryl methyl sites for hydroxylation is 2. The molecule has 0 aliphatic rings. The van der Waals surface area contributed by atoms with E-state index in [0.717, 1.165) is 22.5 Å². The summed E-state index contributed by atoms with van der Waals surface area (Å²) in [6.45, 7) is 17.8. The molecule has 0 atom stereocenters. The maximum Gasteiger partial charge on any atom is 0.136 e. The van der Waals surface area contributed by atoms with Crippen molar-refractivity contribution in [2.75, 3.05) is 0 Å². The van der Waals surface area contributed by atoms with Crippen molar-refractivity contribution in [2.24, 2.45) is 0 Å². The van der Waals surface area contributed by atoms with E-state index < -0.39 is 0 Å². The first kappa shape index (κ1) is 35.2. The zero-order chi connectivity index (χ0) is 29.3. The molecule has 39 heavy (non-hydrogen) atoms. The second kappa shape index (κ2) is 23.3. The second-order valence-corrected chi connectivity index (χ2v) is 7.98. The van der Waals surface area contributed by atoms with Crippen molar-refractivity contribution in [2.45, 2.75) is 62.3 Å². The molecule has 4 heterocycles. The van der Waals surface area contributed by atoms with Gasteiger partial charge in [0.2, 0.25) is 0 Å². The largest absolute Gasteiger partial charge is 0.361 e. The number of para-hydroxylation sites is 1. The minimum atomic E-state index is 0.919. The fourth-order valence-corrected chi connectivity index (χ4v) is 3.25. The number of hydrogen-bond donors (Lipinski definition) is 0. The third-order valence-corrected chi connectivity index (χ3v) is 5.51. The predicted molar refractivity (Wildman–Crippen MR) is 173 cm³/mol. The van der Waals surface area contributed by atoms with Crippen molar-refractivity contribution in [3.8, 4) is 0 Å². The fraction of sp³-hybridized carbons (Fsp3) is 0.265. The molecule has 6 rings (SSSR count). The standard InChI is InChI=1S/2C9H7N.C6H9NO.C4H4S.3C2H6/c1-2-6-9-8(4-1)5-3-7-10-9;1-2-4-9-7-10-6-5-8(9)3-1;1-4-5(2)7-8-6(4)3;1-2-4-5-3-1;3*1-2/h2*1-7H;1-3H3;1-4H;3*1-2H3. The van der Waals surface area contributed by atoms with Gasteiger partial charge in [-0.2, -0.15) is 11.3 Å². The van der Waals surface area contributed by atoms with E-state index in [1.54, 1.807) is 11.3 Å². The summed E-state index contributed by atoms with van der Waals surface area (Å²) in [6, 6.07) is 26.3. The molecule has 208 valence electrons. The molecular formula is C34H45N3OS. The Morgan fingerprint density at radius 2 is 1.15 bits per heavy atom. The lowest BCUT2D eigenvalue weighted by molar-refractivity contribution is 0.392. The van der Waals surface area contributed by atoms with Crippen molar-refractivity contribution in [1.29, 1.82) is 0 Å². The minimum Gasteiger partial charge on any atom is -0.361 e. The molecule has 2 aromatic carbocycles. The van der Waals surface area contributed by atoms with E-state index in [9.17, 15) is 0 Å². The topological polar surface area (TPSA) is 51.8 Å². The first-order valence-electron chi connectivity index (χ1n) is 13.6. The third kappa shape index (κ3) is 14.0. The lowest BCUT2D eigenvalue weighted by Crippen LogP contribution is -1.73. The summed E-state index contributed by atoms with van der Waals surface area (Å²) >= 11 is 1.71. The van der Waals surface area contributed by atoms with Gasteiger partial charge in [-0.1, -0.05) is 107 Å². The Bertz CT molecular complexity index is 1120. The van der Waals surface area contributed by atoms with Crippen LogP contribution in [0.4, 0.5) is 0 Å². The van der Waals surface area contributed by atoms with Crippen LogP contribution < -0.4 is 0 Å². The fourth-order valence-electron chi connectivity index (χ4n) is 2.80. The highest BCUT2D eigenvalue weighted by Crippen LogP contribution is 2.10. The first-order chi connectivity index (χ1) is 19.1. The van der Waals surface area contributed by atoms with Gasteiger partial charge in [0.25, 0.3) is 0 Å². The van der Waals surface area contributed by atoms with E-state index in [1.807, 2.05) is 146 Å². The molecule has 0 fully saturated rings. The van der Waals surface area contributed by atoms with Crippen molar-refractivity contribution in [1.82, 2.24) is 15.1 Å². The highest BCUT2D eigenvalue weighted by Gasteiger charge is 1.99. The molecule has 5 heteroatoms. The number of hydrogen-bond acceptors (Lipinski definition) is 5. The summed E-state index contributed by atoms with van der Waals surface area (Å²) in [5, 5.41) is 11.5. The Labute approximate surface area is 239 Å². The lowest BCUT2D eigenvalue weighted by atomic mass is 10.2. The summed E-state index contributed by atoms with van der Waals surface area (Å²) in [5.74, 6) is 0.919. The number of nitrogens with zero attached hydrogens (tertiary/aromatic N) is 3. The van der Waals surface area contributed by atoms with Crippen LogP contribution in [0.5, 0.6) is 0 Å². The highest BCUT2D eigenvalue weighted by atomic mass is 32.1. The quantitative estimate of drug-likeness (QED) is 0.191. The summed E-state index contributed by atoms with van der Waals surface area (Å²) in [7, 11) is 0. The number of rotatable bonds is 0.